The summed E-state index contributed by atoms with van der Waals surface area (Å²) in [6.45, 7) is 6.34. The highest BCUT2D eigenvalue weighted by molar-refractivity contribution is 5.44. The third kappa shape index (κ3) is 3.96. The molecule has 1 aliphatic carbocycles. The molecule has 1 atom stereocenters. The lowest BCUT2D eigenvalue weighted by Gasteiger charge is -2.42. The molecule has 3 fully saturated rings. The summed E-state index contributed by atoms with van der Waals surface area (Å²) < 4.78 is 23.2. The second-order valence-corrected chi connectivity index (χ2v) is 8.67. The SMILES string of the molecule is c1cc2c(cc1CN1CCC3(CC1)OCCC3CCOCC1CC1)OCO2. The van der Waals surface area contributed by atoms with E-state index in [-0.39, 0.29) is 5.60 Å². The zero-order valence-electron chi connectivity index (χ0n) is 16.2. The maximum absolute atomic E-state index is 6.32. The van der Waals surface area contributed by atoms with E-state index in [1.807, 2.05) is 6.07 Å². The number of likely N-dealkylation sites (tertiary alicyclic amines) is 1. The molecule has 4 aliphatic rings. The molecule has 5 rings (SSSR count). The Balaban J connectivity index is 1.12. The van der Waals surface area contributed by atoms with Crippen LogP contribution in [0.5, 0.6) is 11.5 Å². The van der Waals surface area contributed by atoms with Crippen molar-refractivity contribution >= 4 is 0 Å². The smallest absolute Gasteiger partial charge is 0.231 e. The highest BCUT2D eigenvalue weighted by Gasteiger charge is 2.45. The number of nitrogens with zero attached hydrogens (tertiary/aromatic N) is 1. The van der Waals surface area contributed by atoms with E-state index in [0.29, 0.717) is 12.7 Å². The first-order chi connectivity index (χ1) is 13.3. The van der Waals surface area contributed by atoms with Gasteiger partial charge in [-0.15, -0.1) is 0 Å². The molecule has 3 heterocycles. The van der Waals surface area contributed by atoms with Gasteiger partial charge in [-0.25, -0.2) is 0 Å². The van der Waals surface area contributed by atoms with Crippen molar-refractivity contribution in [2.45, 2.75) is 50.7 Å². The molecular weight excluding hydrogens is 342 g/mol. The zero-order valence-corrected chi connectivity index (χ0v) is 16.2. The minimum absolute atomic E-state index is 0.105. The van der Waals surface area contributed by atoms with Gasteiger partial charge in [0.1, 0.15) is 0 Å². The van der Waals surface area contributed by atoms with Crippen molar-refractivity contribution in [3.05, 3.63) is 23.8 Å². The number of hydrogen-bond donors (Lipinski definition) is 0. The normalized spacial score (nSPS) is 26.7. The molecule has 0 radical (unpaired) electrons. The molecule has 0 N–H and O–H groups in total. The lowest BCUT2D eigenvalue weighted by Crippen LogP contribution is -2.47. The number of fused-ring (bicyclic) bond motifs is 1. The summed E-state index contributed by atoms with van der Waals surface area (Å²) >= 11 is 0. The molecule has 148 valence electrons. The molecule has 0 aromatic heterocycles. The average molecular weight is 373 g/mol. The van der Waals surface area contributed by atoms with E-state index in [4.69, 9.17) is 18.9 Å². The Bertz CT molecular complexity index is 652. The van der Waals surface area contributed by atoms with E-state index in [0.717, 1.165) is 76.1 Å². The molecule has 0 bridgehead atoms. The zero-order chi connectivity index (χ0) is 18.1. The van der Waals surface area contributed by atoms with Crippen molar-refractivity contribution in [2.75, 3.05) is 39.7 Å². The molecule has 2 saturated heterocycles. The van der Waals surface area contributed by atoms with Crippen LogP contribution in [0.25, 0.3) is 0 Å². The molecule has 1 aromatic carbocycles. The van der Waals surface area contributed by atoms with Crippen LogP contribution in [0.15, 0.2) is 18.2 Å². The van der Waals surface area contributed by atoms with Gasteiger partial charge in [0.15, 0.2) is 11.5 Å². The Morgan fingerprint density at radius 1 is 1.07 bits per heavy atom. The monoisotopic (exact) mass is 373 g/mol. The Labute approximate surface area is 161 Å². The van der Waals surface area contributed by atoms with Gasteiger partial charge in [-0.1, -0.05) is 6.07 Å². The van der Waals surface area contributed by atoms with Crippen LogP contribution in [-0.2, 0) is 16.0 Å². The second-order valence-electron chi connectivity index (χ2n) is 8.67. The van der Waals surface area contributed by atoms with Gasteiger partial charge >= 0.3 is 0 Å². The second kappa shape index (κ2) is 7.61. The third-order valence-corrected chi connectivity index (χ3v) is 6.81. The largest absolute Gasteiger partial charge is 0.454 e. The summed E-state index contributed by atoms with van der Waals surface area (Å²) in [5.41, 5.74) is 1.40. The van der Waals surface area contributed by atoms with Crippen molar-refractivity contribution < 1.29 is 18.9 Å². The van der Waals surface area contributed by atoms with Gasteiger partial charge in [0.05, 0.1) is 5.60 Å². The first kappa shape index (κ1) is 17.8. The molecule has 1 unspecified atom stereocenters. The Kier molecular flexibility index (Phi) is 5.01. The summed E-state index contributed by atoms with van der Waals surface area (Å²) in [4.78, 5) is 2.55. The van der Waals surface area contributed by atoms with Gasteiger partial charge in [-0.3, -0.25) is 4.90 Å². The molecule has 5 nitrogen and oxygen atoms in total. The summed E-state index contributed by atoms with van der Waals surface area (Å²) in [6.07, 6.45) is 7.39. The van der Waals surface area contributed by atoms with E-state index in [2.05, 4.69) is 17.0 Å². The number of rotatable bonds is 7. The van der Waals surface area contributed by atoms with Gasteiger partial charge in [-0.2, -0.15) is 0 Å². The minimum Gasteiger partial charge on any atom is -0.454 e. The Hall–Kier alpha value is -1.30. The van der Waals surface area contributed by atoms with Gasteiger partial charge in [0.25, 0.3) is 0 Å². The van der Waals surface area contributed by atoms with Crippen LogP contribution in [0.3, 0.4) is 0 Å². The van der Waals surface area contributed by atoms with Crippen LogP contribution in [0.1, 0.15) is 44.1 Å². The summed E-state index contributed by atoms with van der Waals surface area (Å²) in [5.74, 6) is 3.27. The molecular formula is C22H31NO4. The maximum atomic E-state index is 6.32. The van der Waals surface area contributed by atoms with Gasteiger partial charge in [-0.05, 0) is 68.1 Å². The van der Waals surface area contributed by atoms with E-state index in [1.165, 1.54) is 24.8 Å². The molecule has 1 aromatic rings. The molecule has 5 heteroatoms. The molecule has 1 spiro atoms. The molecule has 27 heavy (non-hydrogen) atoms. The van der Waals surface area contributed by atoms with Crippen LogP contribution >= 0.6 is 0 Å². The van der Waals surface area contributed by atoms with Crippen LogP contribution < -0.4 is 9.47 Å². The maximum Gasteiger partial charge on any atom is 0.231 e. The third-order valence-electron chi connectivity index (χ3n) is 6.81. The fourth-order valence-electron chi connectivity index (χ4n) is 4.89. The lowest BCUT2D eigenvalue weighted by molar-refractivity contribution is -0.0731. The summed E-state index contributed by atoms with van der Waals surface area (Å²) in [5, 5.41) is 0. The predicted octanol–water partition coefficient (Wildman–Crippen LogP) is 3.60. The highest BCUT2D eigenvalue weighted by atomic mass is 16.7. The fraction of sp³-hybridized carbons (Fsp3) is 0.727. The van der Waals surface area contributed by atoms with Crippen LogP contribution in [0.2, 0.25) is 0 Å². The Morgan fingerprint density at radius 3 is 2.78 bits per heavy atom. The van der Waals surface area contributed by atoms with Crippen LogP contribution in [0, 0.1) is 11.8 Å². The molecule has 0 amide bonds. The van der Waals surface area contributed by atoms with Crippen molar-refractivity contribution in [1.29, 1.82) is 0 Å². The number of benzene rings is 1. The van der Waals surface area contributed by atoms with Crippen molar-refractivity contribution in [1.82, 2.24) is 4.90 Å². The van der Waals surface area contributed by atoms with Crippen molar-refractivity contribution in [3.8, 4) is 11.5 Å². The van der Waals surface area contributed by atoms with Crippen LogP contribution in [0.4, 0.5) is 0 Å². The van der Waals surface area contributed by atoms with Crippen molar-refractivity contribution in [3.63, 3.8) is 0 Å². The minimum atomic E-state index is 0.105. The van der Waals surface area contributed by atoms with Gasteiger partial charge in [0, 0.05) is 39.5 Å². The average Bonchev–Trinajstić information content (AvgIpc) is 3.26. The van der Waals surface area contributed by atoms with E-state index < -0.39 is 0 Å². The van der Waals surface area contributed by atoms with Gasteiger partial charge in [0.2, 0.25) is 6.79 Å². The number of ether oxygens (including phenoxy) is 4. The van der Waals surface area contributed by atoms with Crippen LogP contribution in [-0.4, -0.2) is 50.2 Å². The first-order valence-electron chi connectivity index (χ1n) is 10.6. The standard InChI is InChI=1S/C22H31NO4/c1-2-17(1)15-24-11-5-19-6-12-27-22(19)7-9-23(10-8-22)14-18-3-4-20-21(13-18)26-16-25-20/h3-4,13,17,19H,1-2,5-12,14-16H2. The number of hydrogen-bond acceptors (Lipinski definition) is 5. The summed E-state index contributed by atoms with van der Waals surface area (Å²) in [6, 6.07) is 6.31. The topological polar surface area (TPSA) is 40.2 Å². The fourth-order valence-corrected chi connectivity index (χ4v) is 4.89. The van der Waals surface area contributed by atoms with E-state index in [1.54, 1.807) is 0 Å². The summed E-state index contributed by atoms with van der Waals surface area (Å²) in [7, 11) is 0. The predicted molar refractivity (Wildman–Crippen MR) is 102 cm³/mol. The highest BCUT2D eigenvalue weighted by Crippen LogP contribution is 2.43. The van der Waals surface area contributed by atoms with Gasteiger partial charge < -0.3 is 18.9 Å². The molecule has 3 aliphatic heterocycles. The van der Waals surface area contributed by atoms with Crippen molar-refractivity contribution in [2.24, 2.45) is 11.8 Å². The quantitative estimate of drug-likeness (QED) is 0.683. The Morgan fingerprint density at radius 2 is 1.93 bits per heavy atom. The van der Waals surface area contributed by atoms with E-state index >= 15 is 0 Å². The molecule has 1 saturated carbocycles. The number of piperidine rings is 1. The van der Waals surface area contributed by atoms with E-state index in [9.17, 15) is 0 Å². The lowest BCUT2D eigenvalue weighted by atomic mass is 9.78. The first-order valence-corrected chi connectivity index (χ1v) is 10.6.